The van der Waals surface area contributed by atoms with Gasteiger partial charge in [0.1, 0.15) is 12.4 Å². The van der Waals surface area contributed by atoms with Crippen molar-refractivity contribution in [3.8, 4) is 11.5 Å². The molecule has 8 heteroatoms. The number of hydrogen-bond acceptors (Lipinski definition) is 5. The highest BCUT2D eigenvalue weighted by Crippen LogP contribution is 2.32. The third-order valence-corrected chi connectivity index (χ3v) is 4.38. The van der Waals surface area contributed by atoms with Gasteiger partial charge in [-0.05, 0) is 30.7 Å². The SMILES string of the molecule is COc1ccc(N2CCN(CC(=O)Nc3ncccc3C)C2=O)cc1OC. The van der Waals surface area contributed by atoms with Crippen LogP contribution in [0.5, 0.6) is 11.5 Å². The van der Waals surface area contributed by atoms with Crippen molar-refractivity contribution in [3.63, 3.8) is 0 Å². The molecule has 3 rings (SSSR count). The second kappa shape index (κ2) is 7.94. The fourth-order valence-corrected chi connectivity index (χ4v) is 2.92. The standard InChI is InChI=1S/C19H22N4O4/c1-13-5-4-8-20-18(13)21-17(24)12-22-9-10-23(19(22)25)14-6-7-15(26-2)16(11-14)27-3/h4-8,11H,9-10,12H2,1-3H3,(H,20,21,24). The molecule has 1 saturated heterocycles. The van der Waals surface area contributed by atoms with Crippen molar-refractivity contribution in [2.24, 2.45) is 0 Å². The van der Waals surface area contributed by atoms with Gasteiger partial charge in [-0.25, -0.2) is 9.78 Å². The van der Waals surface area contributed by atoms with Crippen molar-refractivity contribution in [1.29, 1.82) is 0 Å². The molecule has 1 aliphatic heterocycles. The Bertz CT molecular complexity index is 855. The van der Waals surface area contributed by atoms with Crippen LogP contribution < -0.4 is 19.7 Å². The maximum absolute atomic E-state index is 12.7. The first-order valence-electron chi connectivity index (χ1n) is 8.53. The van der Waals surface area contributed by atoms with Gasteiger partial charge in [0.05, 0.1) is 14.2 Å². The normalized spacial score (nSPS) is 13.7. The molecule has 1 fully saturated rings. The zero-order valence-corrected chi connectivity index (χ0v) is 15.6. The smallest absolute Gasteiger partial charge is 0.325 e. The Morgan fingerprint density at radius 1 is 1.19 bits per heavy atom. The minimum absolute atomic E-state index is 0.0291. The second-order valence-corrected chi connectivity index (χ2v) is 6.11. The number of methoxy groups -OCH3 is 2. The van der Waals surface area contributed by atoms with Crippen LogP contribution in [0.15, 0.2) is 36.5 Å². The Hall–Kier alpha value is -3.29. The van der Waals surface area contributed by atoms with Crippen LogP contribution in [0.1, 0.15) is 5.56 Å². The van der Waals surface area contributed by atoms with Gasteiger partial charge >= 0.3 is 6.03 Å². The molecule has 3 amide bonds. The van der Waals surface area contributed by atoms with Gasteiger partial charge in [0.15, 0.2) is 11.5 Å². The number of aryl methyl sites for hydroxylation is 1. The predicted molar refractivity (Wildman–Crippen MR) is 101 cm³/mol. The molecule has 1 aromatic heterocycles. The maximum atomic E-state index is 12.7. The van der Waals surface area contributed by atoms with Crippen LogP contribution in [0.4, 0.5) is 16.3 Å². The van der Waals surface area contributed by atoms with E-state index in [1.54, 1.807) is 49.6 Å². The van der Waals surface area contributed by atoms with Crippen LogP contribution in [0, 0.1) is 6.92 Å². The van der Waals surface area contributed by atoms with E-state index in [0.717, 1.165) is 5.56 Å². The number of amides is 3. The number of nitrogens with one attached hydrogen (secondary N) is 1. The van der Waals surface area contributed by atoms with E-state index in [2.05, 4.69) is 10.3 Å². The van der Waals surface area contributed by atoms with E-state index in [1.807, 2.05) is 13.0 Å². The number of urea groups is 1. The molecule has 27 heavy (non-hydrogen) atoms. The van der Waals surface area contributed by atoms with Gasteiger partial charge in [0, 0.05) is 31.0 Å². The average Bonchev–Trinajstić information content (AvgIpc) is 3.03. The van der Waals surface area contributed by atoms with E-state index in [9.17, 15) is 9.59 Å². The number of anilines is 2. The molecule has 1 aromatic carbocycles. The second-order valence-electron chi connectivity index (χ2n) is 6.11. The number of pyridine rings is 1. The van der Waals surface area contributed by atoms with Crippen molar-refractivity contribution >= 4 is 23.4 Å². The van der Waals surface area contributed by atoms with Crippen LogP contribution in [-0.4, -0.2) is 55.7 Å². The maximum Gasteiger partial charge on any atom is 0.325 e. The van der Waals surface area contributed by atoms with Crippen molar-refractivity contribution < 1.29 is 19.1 Å². The fraction of sp³-hybridized carbons (Fsp3) is 0.316. The monoisotopic (exact) mass is 370 g/mol. The highest BCUT2D eigenvalue weighted by Gasteiger charge is 2.31. The summed E-state index contributed by atoms with van der Waals surface area (Å²) in [5.74, 6) is 1.37. The zero-order valence-electron chi connectivity index (χ0n) is 15.6. The number of benzene rings is 1. The lowest BCUT2D eigenvalue weighted by Crippen LogP contribution is -2.37. The Morgan fingerprint density at radius 3 is 2.67 bits per heavy atom. The summed E-state index contributed by atoms with van der Waals surface area (Å²) in [6.07, 6.45) is 1.61. The molecule has 1 aliphatic rings. The van der Waals surface area contributed by atoms with E-state index < -0.39 is 0 Å². The lowest BCUT2D eigenvalue weighted by molar-refractivity contribution is -0.116. The molecule has 2 aromatic rings. The first-order valence-corrected chi connectivity index (χ1v) is 8.53. The average molecular weight is 370 g/mol. The molecule has 0 radical (unpaired) electrons. The number of aromatic nitrogens is 1. The van der Waals surface area contributed by atoms with Crippen LogP contribution in [0.3, 0.4) is 0 Å². The van der Waals surface area contributed by atoms with Crippen LogP contribution in [0.25, 0.3) is 0 Å². The number of nitrogens with zero attached hydrogens (tertiary/aromatic N) is 3. The minimum atomic E-state index is -0.278. The predicted octanol–water partition coefficient (Wildman–Crippen LogP) is 2.29. The molecule has 0 saturated carbocycles. The number of carbonyl (C=O) groups is 2. The van der Waals surface area contributed by atoms with E-state index in [0.29, 0.717) is 36.1 Å². The Kier molecular flexibility index (Phi) is 5.44. The molecule has 0 aliphatic carbocycles. The molecule has 2 heterocycles. The zero-order chi connectivity index (χ0) is 19.4. The fourth-order valence-electron chi connectivity index (χ4n) is 2.92. The van der Waals surface area contributed by atoms with Gasteiger partial charge in [-0.15, -0.1) is 0 Å². The lowest BCUT2D eigenvalue weighted by Gasteiger charge is -2.19. The van der Waals surface area contributed by atoms with Gasteiger partial charge in [-0.2, -0.15) is 0 Å². The van der Waals surface area contributed by atoms with E-state index in [1.165, 1.54) is 4.90 Å². The van der Waals surface area contributed by atoms with Crippen molar-refractivity contribution in [2.75, 3.05) is 44.1 Å². The topological polar surface area (TPSA) is 84.0 Å². The quantitative estimate of drug-likeness (QED) is 0.843. The van der Waals surface area contributed by atoms with Gasteiger partial charge in [-0.1, -0.05) is 6.07 Å². The number of rotatable bonds is 6. The van der Waals surface area contributed by atoms with Crippen LogP contribution in [0.2, 0.25) is 0 Å². The molecule has 0 atom stereocenters. The highest BCUT2D eigenvalue weighted by molar-refractivity contribution is 5.99. The highest BCUT2D eigenvalue weighted by atomic mass is 16.5. The van der Waals surface area contributed by atoms with Crippen molar-refractivity contribution in [2.45, 2.75) is 6.92 Å². The number of carbonyl (C=O) groups excluding carboxylic acids is 2. The first-order chi connectivity index (χ1) is 13.0. The van der Waals surface area contributed by atoms with Gasteiger partial charge < -0.3 is 19.7 Å². The van der Waals surface area contributed by atoms with E-state index >= 15 is 0 Å². The van der Waals surface area contributed by atoms with Crippen molar-refractivity contribution in [3.05, 3.63) is 42.1 Å². The van der Waals surface area contributed by atoms with E-state index in [4.69, 9.17) is 9.47 Å². The van der Waals surface area contributed by atoms with Crippen LogP contribution in [-0.2, 0) is 4.79 Å². The lowest BCUT2D eigenvalue weighted by atomic mass is 10.2. The summed E-state index contributed by atoms with van der Waals surface area (Å²) in [4.78, 5) is 32.2. The molecular formula is C19H22N4O4. The molecule has 0 spiro atoms. The molecule has 0 unspecified atom stereocenters. The molecule has 142 valence electrons. The molecule has 0 bridgehead atoms. The largest absolute Gasteiger partial charge is 0.493 e. The minimum Gasteiger partial charge on any atom is -0.493 e. The summed E-state index contributed by atoms with van der Waals surface area (Å²) in [5.41, 5.74) is 1.56. The number of hydrogen-bond donors (Lipinski definition) is 1. The Morgan fingerprint density at radius 2 is 1.96 bits per heavy atom. The van der Waals surface area contributed by atoms with Crippen LogP contribution >= 0.6 is 0 Å². The summed E-state index contributed by atoms with van der Waals surface area (Å²) in [6.45, 7) is 2.78. The van der Waals surface area contributed by atoms with Gasteiger partial charge in [0.2, 0.25) is 5.91 Å². The first kappa shape index (κ1) is 18.5. The Labute approximate surface area is 157 Å². The Balaban J connectivity index is 1.66. The summed E-state index contributed by atoms with van der Waals surface area (Å²) in [6, 6.07) is 8.73. The van der Waals surface area contributed by atoms with Gasteiger partial charge in [0.25, 0.3) is 0 Å². The number of ether oxygens (including phenoxy) is 2. The van der Waals surface area contributed by atoms with E-state index in [-0.39, 0.29) is 18.5 Å². The molecule has 8 nitrogen and oxygen atoms in total. The molecule has 1 N–H and O–H groups in total. The third kappa shape index (κ3) is 3.94. The van der Waals surface area contributed by atoms with Gasteiger partial charge in [-0.3, -0.25) is 9.69 Å². The summed E-state index contributed by atoms with van der Waals surface area (Å²) >= 11 is 0. The summed E-state index contributed by atoms with van der Waals surface area (Å²) < 4.78 is 10.5. The third-order valence-electron chi connectivity index (χ3n) is 4.38. The summed E-state index contributed by atoms with van der Waals surface area (Å²) in [5, 5.41) is 2.75. The molecular weight excluding hydrogens is 348 g/mol. The van der Waals surface area contributed by atoms with Crippen molar-refractivity contribution in [1.82, 2.24) is 9.88 Å². The summed E-state index contributed by atoms with van der Waals surface area (Å²) in [7, 11) is 3.10.